The summed E-state index contributed by atoms with van der Waals surface area (Å²) in [6.45, 7) is 1.77. The van der Waals surface area contributed by atoms with E-state index in [4.69, 9.17) is 28.4 Å². The highest BCUT2D eigenvalue weighted by molar-refractivity contribution is 5.76. The molecule has 0 spiro atoms. The summed E-state index contributed by atoms with van der Waals surface area (Å²) in [4.78, 5) is 13.5. The number of carbonyl (C=O) groups is 1. The molecule has 3 heterocycles. The van der Waals surface area contributed by atoms with Gasteiger partial charge < -0.3 is 89.9 Å². The van der Waals surface area contributed by atoms with Gasteiger partial charge in [-0.3, -0.25) is 4.79 Å². The van der Waals surface area contributed by atoms with E-state index in [1.54, 1.807) is 6.08 Å². The lowest BCUT2D eigenvalue weighted by molar-refractivity contribution is -0.379. The normalized spacial score (nSPS) is 25.5. The molecule has 640 valence electrons. The van der Waals surface area contributed by atoms with Crippen molar-refractivity contribution in [3.05, 3.63) is 48.6 Å². The molecule has 109 heavy (non-hydrogen) atoms. The van der Waals surface area contributed by atoms with Gasteiger partial charge in [-0.2, -0.15) is 0 Å². The first-order valence-corrected chi connectivity index (χ1v) is 45.4. The van der Waals surface area contributed by atoms with Crippen LogP contribution in [0, 0.1) is 0 Å². The summed E-state index contributed by atoms with van der Waals surface area (Å²) in [5.41, 5.74) is 0. The molecule has 17 unspecified atom stereocenters. The maximum absolute atomic E-state index is 13.5. The van der Waals surface area contributed by atoms with Crippen molar-refractivity contribution in [3.8, 4) is 0 Å². The average Bonchev–Trinajstić information content (AvgIpc) is 0.760. The Morgan fingerprint density at radius 3 is 0.972 bits per heavy atom. The van der Waals surface area contributed by atoms with Crippen molar-refractivity contribution < 1.29 is 89.4 Å². The van der Waals surface area contributed by atoms with Crippen molar-refractivity contribution in [2.24, 2.45) is 0 Å². The number of aliphatic hydroxyl groups excluding tert-OH is 11. The van der Waals surface area contributed by atoms with E-state index in [2.05, 4.69) is 55.6 Å². The van der Waals surface area contributed by atoms with E-state index >= 15 is 0 Å². The first-order valence-electron chi connectivity index (χ1n) is 45.4. The third-order valence-electron chi connectivity index (χ3n) is 22.6. The van der Waals surface area contributed by atoms with Gasteiger partial charge in [0.2, 0.25) is 5.91 Å². The Morgan fingerprint density at radius 1 is 0.330 bits per heavy atom. The number of allylic oxidation sites excluding steroid dienone is 7. The molecule has 0 radical (unpaired) electrons. The van der Waals surface area contributed by atoms with Gasteiger partial charge in [-0.15, -0.1) is 0 Å². The van der Waals surface area contributed by atoms with Crippen LogP contribution in [-0.2, 0) is 33.2 Å². The zero-order valence-electron chi connectivity index (χ0n) is 69.1. The molecule has 3 aliphatic rings. The summed E-state index contributed by atoms with van der Waals surface area (Å²) in [6, 6.07) is -0.990. The lowest BCUT2D eigenvalue weighted by Crippen LogP contribution is -2.66. The number of rotatable bonds is 74. The smallest absolute Gasteiger partial charge is 0.220 e. The van der Waals surface area contributed by atoms with E-state index < -0.39 is 124 Å². The van der Waals surface area contributed by atoms with Crippen molar-refractivity contribution >= 4 is 5.91 Å². The highest BCUT2D eigenvalue weighted by Gasteiger charge is 2.54. The third-order valence-corrected chi connectivity index (χ3v) is 22.6. The van der Waals surface area contributed by atoms with Gasteiger partial charge in [-0.1, -0.05) is 364 Å². The van der Waals surface area contributed by atoms with E-state index in [0.29, 0.717) is 12.8 Å². The molecule has 17 atom stereocenters. The first-order chi connectivity index (χ1) is 53.3. The molecule has 12 N–H and O–H groups in total. The third kappa shape index (κ3) is 48.8. The van der Waals surface area contributed by atoms with Gasteiger partial charge >= 0.3 is 0 Å². The van der Waals surface area contributed by atoms with Gasteiger partial charge in [0.1, 0.15) is 73.2 Å². The summed E-state index contributed by atoms with van der Waals surface area (Å²) in [5.74, 6) is -0.277. The molecule has 19 nitrogen and oxygen atoms in total. The fourth-order valence-corrected chi connectivity index (χ4v) is 15.4. The monoisotopic (exact) mass is 1550 g/mol. The number of unbranched alkanes of at least 4 members (excludes halogenated alkanes) is 52. The molecular formula is C90H167NO18. The molecule has 0 aromatic carbocycles. The van der Waals surface area contributed by atoms with E-state index in [9.17, 15) is 61.0 Å². The quantitative estimate of drug-likeness (QED) is 0.0199. The molecule has 3 rings (SSSR count). The molecule has 3 fully saturated rings. The number of aliphatic hydroxyl groups is 11. The minimum atomic E-state index is -1.98. The standard InChI is InChI=1S/C90H167NO18/c1-3-5-7-9-11-13-15-17-19-21-23-25-27-28-29-30-31-32-33-34-35-36-37-38-39-40-41-42-43-44-46-48-50-52-54-56-58-60-62-64-66-68-78(96)91-73(74(95)67-65-63-61-59-57-55-53-51-49-47-45-26-24-22-20-18-16-14-12-10-8-6-4-2)72-104-88-84(102)81(99)86(76(70-93)106-88)109-90-85(103)82(100)87(77(71-94)107-90)108-89-83(101)80(98)79(97)75(69-92)105-89/h15,17,21,23,57,59,65,67,73-77,79-90,92-95,97-103H,3-14,16,18-20,22,24-56,58,60-64,66,68-72H2,1-2H3,(H,91,96)/b17-15-,23-21-,59-57+,67-65+. The summed E-state index contributed by atoms with van der Waals surface area (Å²) in [6.07, 6.45) is 64.3. The van der Waals surface area contributed by atoms with Crippen molar-refractivity contribution in [2.75, 3.05) is 26.4 Å². The Bertz CT molecular complexity index is 2150. The Morgan fingerprint density at radius 2 is 0.615 bits per heavy atom. The minimum absolute atomic E-state index is 0.240. The highest BCUT2D eigenvalue weighted by atomic mass is 16.8. The number of hydrogen-bond donors (Lipinski definition) is 12. The second-order valence-corrected chi connectivity index (χ2v) is 32.4. The van der Waals surface area contributed by atoms with Crippen LogP contribution in [0.25, 0.3) is 0 Å². The number of hydrogen-bond acceptors (Lipinski definition) is 18. The predicted octanol–water partition coefficient (Wildman–Crippen LogP) is 17.2. The fraction of sp³-hybridized carbons (Fsp3) is 0.900. The number of amides is 1. The van der Waals surface area contributed by atoms with Crippen LogP contribution >= 0.6 is 0 Å². The molecule has 0 aliphatic carbocycles. The van der Waals surface area contributed by atoms with Crippen molar-refractivity contribution in [1.82, 2.24) is 5.32 Å². The zero-order valence-corrected chi connectivity index (χ0v) is 69.1. The topological polar surface area (TPSA) is 307 Å². The van der Waals surface area contributed by atoms with E-state index in [0.717, 1.165) is 44.9 Å². The maximum Gasteiger partial charge on any atom is 0.220 e. The summed E-state index contributed by atoms with van der Waals surface area (Å²) >= 11 is 0. The molecule has 19 heteroatoms. The molecule has 0 saturated carbocycles. The molecular weight excluding hydrogens is 1380 g/mol. The Hall–Kier alpha value is -2.25. The van der Waals surface area contributed by atoms with Gasteiger partial charge in [-0.25, -0.2) is 0 Å². The van der Waals surface area contributed by atoms with Gasteiger partial charge in [0.05, 0.1) is 38.6 Å². The first kappa shape index (κ1) is 101. The molecule has 1 amide bonds. The number of ether oxygens (including phenoxy) is 6. The number of nitrogens with one attached hydrogen (secondary N) is 1. The predicted molar refractivity (Wildman–Crippen MR) is 439 cm³/mol. The number of carbonyl (C=O) groups excluding carboxylic acids is 1. The van der Waals surface area contributed by atoms with Crippen LogP contribution in [0.1, 0.15) is 386 Å². The lowest BCUT2D eigenvalue weighted by Gasteiger charge is -2.48. The van der Waals surface area contributed by atoms with Gasteiger partial charge in [0.25, 0.3) is 0 Å². The van der Waals surface area contributed by atoms with Crippen LogP contribution in [0.5, 0.6) is 0 Å². The van der Waals surface area contributed by atoms with Crippen LogP contribution in [0.15, 0.2) is 48.6 Å². The van der Waals surface area contributed by atoms with Crippen LogP contribution in [0.3, 0.4) is 0 Å². The average molecular weight is 1550 g/mol. The second-order valence-electron chi connectivity index (χ2n) is 32.4. The largest absolute Gasteiger partial charge is 0.394 e. The zero-order chi connectivity index (χ0) is 78.8. The van der Waals surface area contributed by atoms with Gasteiger partial charge in [0, 0.05) is 6.42 Å². The van der Waals surface area contributed by atoms with Crippen LogP contribution < -0.4 is 5.32 Å². The van der Waals surface area contributed by atoms with Gasteiger partial charge in [0.15, 0.2) is 18.9 Å². The minimum Gasteiger partial charge on any atom is -0.394 e. The fourth-order valence-electron chi connectivity index (χ4n) is 15.4. The van der Waals surface area contributed by atoms with Gasteiger partial charge in [-0.05, 0) is 64.2 Å². The molecule has 3 aliphatic heterocycles. The van der Waals surface area contributed by atoms with E-state index in [1.807, 2.05) is 6.08 Å². The summed E-state index contributed by atoms with van der Waals surface area (Å²) in [7, 11) is 0. The SMILES string of the molecule is CCCCCCC/C=C\C/C=C\CCCCCCCCCCCCCCCCCCCCCCCCCCCCCCCC(=O)NC(COC1OC(CO)C(OC2OC(CO)C(OC3OC(CO)C(O)C(O)C3O)C(O)C2O)C(O)C1O)C(O)/C=C/CC/C=C/CCCCCCCCCCCCCCCCCCC. The Kier molecular flexibility index (Phi) is 64.8. The van der Waals surface area contributed by atoms with Crippen LogP contribution in [-0.4, -0.2) is 193 Å². The highest BCUT2D eigenvalue weighted by Crippen LogP contribution is 2.34. The molecule has 0 aromatic heterocycles. The summed E-state index contributed by atoms with van der Waals surface area (Å²) in [5, 5.41) is 121. The van der Waals surface area contributed by atoms with E-state index in [1.165, 1.54) is 308 Å². The summed E-state index contributed by atoms with van der Waals surface area (Å²) < 4.78 is 34.5. The Balaban J connectivity index is 1.29. The Labute approximate surface area is 663 Å². The van der Waals surface area contributed by atoms with Crippen molar-refractivity contribution in [2.45, 2.75) is 491 Å². The van der Waals surface area contributed by atoms with E-state index in [-0.39, 0.29) is 18.9 Å². The van der Waals surface area contributed by atoms with Crippen molar-refractivity contribution in [1.29, 1.82) is 0 Å². The molecule has 0 bridgehead atoms. The van der Waals surface area contributed by atoms with Crippen molar-refractivity contribution in [3.63, 3.8) is 0 Å². The lowest BCUT2D eigenvalue weighted by atomic mass is 9.96. The molecule has 0 aromatic rings. The van der Waals surface area contributed by atoms with Crippen LogP contribution in [0.4, 0.5) is 0 Å². The van der Waals surface area contributed by atoms with Crippen LogP contribution in [0.2, 0.25) is 0 Å². The molecule has 3 saturated heterocycles. The maximum atomic E-state index is 13.5. The second kappa shape index (κ2) is 70.0.